The Balaban J connectivity index is 1.76. The quantitative estimate of drug-likeness (QED) is 0.701. The van der Waals surface area contributed by atoms with Crippen LogP contribution in [0.2, 0.25) is 0 Å². The topological polar surface area (TPSA) is 88.6 Å². The van der Waals surface area contributed by atoms with E-state index in [4.69, 9.17) is 4.74 Å². The molecule has 3 heterocycles. The number of nitrogens with one attached hydrogen (secondary N) is 2. The first-order valence-electron chi connectivity index (χ1n) is 5.73. The molecule has 101 valence electrons. The number of hydrogen-bond acceptors (Lipinski definition) is 6. The van der Waals surface area contributed by atoms with Crippen molar-refractivity contribution >= 4 is 16.9 Å². The van der Waals surface area contributed by atoms with E-state index in [0.717, 1.165) is 6.20 Å². The molecule has 0 aliphatic rings. The van der Waals surface area contributed by atoms with E-state index in [1.54, 1.807) is 6.20 Å². The molecule has 7 nitrogen and oxygen atoms in total. The Morgan fingerprint density at radius 1 is 1.30 bits per heavy atom. The molecular formula is C12H10FN6O. The molecule has 1 radical (unpaired) electrons. The smallest absolute Gasteiger partial charge is 0.171 e. The number of fused-ring (bicyclic) bond motifs is 1. The number of anilines is 1. The highest BCUT2D eigenvalue weighted by atomic mass is 19.1. The molecule has 0 saturated heterocycles. The second-order valence-corrected chi connectivity index (χ2v) is 3.94. The largest absolute Gasteiger partial charge is 0.469 e. The molecule has 0 aromatic carbocycles. The second-order valence-electron chi connectivity index (χ2n) is 3.94. The number of hydrogen-bond donors (Lipinski definition) is 2. The summed E-state index contributed by atoms with van der Waals surface area (Å²) in [5, 5.41) is 10.3. The summed E-state index contributed by atoms with van der Waals surface area (Å²) < 4.78 is 18.4. The van der Waals surface area contributed by atoms with Gasteiger partial charge in [-0.05, 0) is 0 Å². The molecule has 1 atom stereocenters. The van der Waals surface area contributed by atoms with Crippen LogP contribution in [0, 0.1) is 12.7 Å². The average Bonchev–Trinajstić information content (AvgIpc) is 2.88. The van der Waals surface area contributed by atoms with Crippen LogP contribution in [0.25, 0.3) is 11.0 Å². The number of rotatable bonds is 4. The van der Waals surface area contributed by atoms with E-state index in [-0.39, 0.29) is 5.75 Å². The van der Waals surface area contributed by atoms with Gasteiger partial charge in [-0.1, -0.05) is 0 Å². The van der Waals surface area contributed by atoms with Crippen molar-refractivity contribution < 1.29 is 9.13 Å². The third kappa shape index (κ3) is 2.48. The van der Waals surface area contributed by atoms with Gasteiger partial charge in [0, 0.05) is 13.0 Å². The van der Waals surface area contributed by atoms with E-state index in [2.05, 4.69) is 37.4 Å². The van der Waals surface area contributed by atoms with Crippen LogP contribution >= 0.6 is 0 Å². The van der Waals surface area contributed by atoms with Gasteiger partial charge >= 0.3 is 0 Å². The van der Waals surface area contributed by atoms with Gasteiger partial charge in [-0.25, -0.2) is 14.4 Å². The van der Waals surface area contributed by atoms with E-state index in [1.807, 2.05) is 0 Å². The van der Waals surface area contributed by atoms with Crippen molar-refractivity contribution in [3.05, 3.63) is 43.7 Å². The lowest BCUT2D eigenvalue weighted by atomic mass is 10.4. The first-order chi connectivity index (χ1) is 9.72. The van der Waals surface area contributed by atoms with Gasteiger partial charge in [-0.2, -0.15) is 5.10 Å². The van der Waals surface area contributed by atoms with Crippen molar-refractivity contribution in [2.45, 2.75) is 6.23 Å². The summed E-state index contributed by atoms with van der Waals surface area (Å²) in [5.74, 6) is 0.317. The molecule has 3 rings (SSSR count). The molecule has 0 aliphatic carbocycles. The van der Waals surface area contributed by atoms with E-state index < -0.39 is 12.0 Å². The average molecular weight is 273 g/mol. The van der Waals surface area contributed by atoms with Gasteiger partial charge in [-0.15, -0.1) is 0 Å². The zero-order chi connectivity index (χ0) is 13.9. The van der Waals surface area contributed by atoms with Crippen LogP contribution in [0.5, 0.6) is 5.75 Å². The van der Waals surface area contributed by atoms with Gasteiger partial charge in [0.25, 0.3) is 0 Å². The predicted octanol–water partition coefficient (Wildman–Crippen LogP) is 1.54. The maximum absolute atomic E-state index is 13.0. The zero-order valence-electron chi connectivity index (χ0n) is 10.2. The van der Waals surface area contributed by atoms with E-state index in [9.17, 15) is 4.39 Å². The molecule has 8 heteroatoms. The third-order valence-electron chi connectivity index (χ3n) is 2.50. The lowest BCUT2D eigenvalue weighted by Crippen LogP contribution is -2.23. The van der Waals surface area contributed by atoms with Crippen LogP contribution < -0.4 is 10.1 Å². The summed E-state index contributed by atoms with van der Waals surface area (Å²) >= 11 is 0. The fourth-order valence-electron chi connectivity index (χ4n) is 1.68. The summed E-state index contributed by atoms with van der Waals surface area (Å²) in [5.41, 5.74) is 0.599. The monoisotopic (exact) mass is 273 g/mol. The fraction of sp³-hybridized carbons (Fsp3) is 0.0833. The molecule has 20 heavy (non-hydrogen) atoms. The minimum atomic E-state index is -0.674. The highest BCUT2D eigenvalue weighted by Crippen LogP contribution is 2.18. The van der Waals surface area contributed by atoms with Gasteiger partial charge in [-0.3, -0.25) is 10.1 Å². The van der Waals surface area contributed by atoms with Crippen LogP contribution in [0.4, 0.5) is 10.2 Å². The molecule has 0 bridgehead atoms. The first-order valence-corrected chi connectivity index (χ1v) is 5.73. The molecule has 2 N–H and O–H groups in total. The first kappa shape index (κ1) is 12.3. The Morgan fingerprint density at radius 3 is 3.05 bits per heavy atom. The Labute approximate surface area is 113 Å². The number of H-pyrrole nitrogens is 1. The number of pyridine rings is 1. The van der Waals surface area contributed by atoms with Crippen LogP contribution in [0.3, 0.4) is 0 Å². The zero-order valence-corrected chi connectivity index (χ0v) is 10.2. The van der Waals surface area contributed by atoms with Crippen LogP contribution in [0.1, 0.15) is 0 Å². The lowest BCUT2D eigenvalue weighted by Gasteiger charge is -2.16. The highest BCUT2D eigenvalue weighted by Gasteiger charge is 2.10. The maximum atomic E-state index is 13.0. The van der Waals surface area contributed by atoms with Crippen molar-refractivity contribution in [1.82, 2.24) is 25.1 Å². The van der Waals surface area contributed by atoms with Crippen molar-refractivity contribution in [1.29, 1.82) is 0 Å². The molecule has 0 aliphatic heterocycles. The van der Waals surface area contributed by atoms with Gasteiger partial charge in [0.05, 0.1) is 24.0 Å². The summed E-state index contributed by atoms with van der Waals surface area (Å²) in [4.78, 5) is 11.8. The molecule has 3 aromatic rings. The normalized spacial score (nSPS) is 12.3. The summed E-state index contributed by atoms with van der Waals surface area (Å²) in [6.07, 6.45) is 4.80. The Bertz CT molecular complexity index is 731. The van der Waals surface area contributed by atoms with E-state index in [0.29, 0.717) is 16.9 Å². The molecule has 3 aromatic heterocycles. The van der Waals surface area contributed by atoms with Crippen molar-refractivity contribution in [2.75, 3.05) is 5.32 Å². The fourth-order valence-corrected chi connectivity index (χ4v) is 1.68. The maximum Gasteiger partial charge on any atom is 0.171 e. The minimum absolute atomic E-state index is 0.273. The summed E-state index contributed by atoms with van der Waals surface area (Å²) in [7, 11) is 0. The number of halogens is 1. The number of aromatic nitrogens is 5. The number of aromatic amines is 1. The molecule has 1 unspecified atom stereocenters. The molecule has 0 amide bonds. The van der Waals surface area contributed by atoms with Gasteiger partial charge in [0.2, 0.25) is 0 Å². The van der Waals surface area contributed by atoms with Crippen LogP contribution in [0.15, 0.2) is 31.0 Å². The molecule has 0 saturated carbocycles. The van der Waals surface area contributed by atoms with Crippen LogP contribution in [-0.2, 0) is 0 Å². The SMILES string of the molecule is [CH2]C(Nc1ncnc2[nH]ncc12)Oc1cncc(F)c1. The van der Waals surface area contributed by atoms with Crippen molar-refractivity contribution in [2.24, 2.45) is 0 Å². The molecule has 0 fully saturated rings. The van der Waals surface area contributed by atoms with E-state index in [1.165, 1.54) is 18.6 Å². The van der Waals surface area contributed by atoms with Crippen molar-refractivity contribution in [3.8, 4) is 5.75 Å². The number of nitrogens with zero attached hydrogens (tertiary/aromatic N) is 4. The van der Waals surface area contributed by atoms with E-state index >= 15 is 0 Å². The van der Waals surface area contributed by atoms with Crippen LogP contribution in [-0.4, -0.2) is 31.4 Å². The second kappa shape index (κ2) is 5.08. The molecule has 0 spiro atoms. The Kier molecular flexibility index (Phi) is 3.12. The van der Waals surface area contributed by atoms with Crippen molar-refractivity contribution in [3.63, 3.8) is 0 Å². The standard InChI is InChI=1S/C12H10FN6O/c1-7(20-9-2-8(13)3-14-4-9)18-11-10-5-17-19-12(10)16-6-15-11/h2-7H,1H2,(H2,15,16,17,18,19). The molecular weight excluding hydrogens is 263 g/mol. The third-order valence-corrected chi connectivity index (χ3v) is 2.50. The van der Waals surface area contributed by atoms with Gasteiger partial charge < -0.3 is 10.1 Å². The predicted molar refractivity (Wildman–Crippen MR) is 69.3 cm³/mol. The summed E-state index contributed by atoms with van der Waals surface area (Å²) in [6.45, 7) is 3.77. The van der Waals surface area contributed by atoms with Gasteiger partial charge in [0.15, 0.2) is 11.9 Å². The lowest BCUT2D eigenvalue weighted by molar-refractivity contribution is 0.272. The highest BCUT2D eigenvalue weighted by molar-refractivity contribution is 5.85. The number of ether oxygens (including phenoxy) is 1. The minimum Gasteiger partial charge on any atom is -0.469 e. The Morgan fingerprint density at radius 2 is 2.20 bits per heavy atom. The van der Waals surface area contributed by atoms with Gasteiger partial charge in [0.1, 0.15) is 23.7 Å². The Hall–Kier alpha value is -2.77. The summed E-state index contributed by atoms with van der Waals surface area (Å²) in [6, 6.07) is 1.22.